The monoisotopic (exact) mass is 334 g/mol. The number of aliphatic carboxylic acids is 1. The zero-order chi connectivity index (χ0) is 17.6. The fourth-order valence-corrected chi connectivity index (χ4v) is 2.85. The summed E-state index contributed by atoms with van der Waals surface area (Å²) in [7, 11) is 0. The largest absolute Gasteiger partial charge is 0.481 e. The number of carbonyl (C=O) groups is 1. The third-order valence-electron chi connectivity index (χ3n) is 4.38. The predicted molar refractivity (Wildman–Crippen MR) is 98.5 cm³/mol. The lowest BCUT2D eigenvalue weighted by atomic mass is 10.0. The van der Waals surface area contributed by atoms with E-state index in [1.807, 2.05) is 16.8 Å². The van der Waals surface area contributed by atoms with Gasteiger partial charge in [-0.15, -0.1) is 0 Å². The van der Waals surface area contributed by atoms with Gasteiger partial charge in [0.05, 0.1) is 17.9 Å². The van der Waals surface area contributed by atoms with Gasteiger partial charge in [0.25, 0.3) is 0 Å². The first kappa shape index (κ1) is 17.0. The van der Waals surface area contributed by atoms with Crippen LogP contribution in [0.25, 0.3) is 11.1 Å². The molecule has 0 aliphatic heterocycles. The predicted octanol–water partition coefficient (Wildman–Crippen LogP) is 4.37. The Bertz CT molecular complexity index is 840. The molecule has 4 nitrogen and oxygen atoms in total. The number of imidazole rings is 1. The van der Waals surface area contributed by atoms with E-state index in [2.05, 4.69) is 53.5 Å². The van der Waals surface area contributed by atoms with Gasteiger partial charge in [-0.05, 0) is 36.5 Å². The fourth-order valence-electron chi connectivity index (χ4n) is 2.85. The lowest BCUT2D eigenvalue weighted by Gasteiger charge is -2.06. The van der Waals surface area contributed by atoms with Gasteiger partial charge >= 0.3 is 5.97 Å². The number of benzene rings is 2. The Balaban J connectivity index is 1.59. The summed E-state index contributed by atoms with van der Waals surface area (Å²) in [5.41, 5.74) is 4.38. The number of rotatable bonds is 7. The number of nitrogens with zero attached hydrogens (tertiary/aromatic N) is 2. The summed E-state index contributed by atoms with van der Waals surface area (Å²) in [6, 6.07) is 19.0. The van der Waals surface area contributed by atoms with Crippen LogP contribution in [0.4, 0.5) is 0 Å². The normalized spacial score (nSPS) is 12.0. The van der Waals surface area contributed by atoms with Crippen LogP contribution in [-0.4, -0.2) is 20.6 Å². The van der Waals surface area contributed by atoms with Crippen molar-refractivity contribution in [1.29, 1.82) is 0 Å². The van der Waals surface area contributed by atoms with Crippen molar-refractivity contribution in [1.82, 2.24) is 9.55 Å². The summed E-state index contributed by atoms with van der Waals surface area (Å²) < 4.78 is 1.97. The Kier molecular flexibility index (Phi) is 5.29. The molecule has 1 aromatic heterocycles. The van der Waals surface area contributed by atoms with Gasteiger partial charge in [0.2, 0.25) is 0 Å². The number of aryl methyl sites for hydroxylation is 2. The Morgan fingerprint density at radius 1 is 1.12 bits per heavy atom. The first-order chi connectivity index (χ1) is 12.1. The van der Waals surface area contributed by atoms with Gasteiger partial charge in [0.1, 0.15) is 0 Å². The van der Waals surface area contributed by atoms with E-state index in [9.17, 15) is 4.79 Å². The zero-order valence-corrected chi connectivity index (χ0v) is 14.3. The quantitative estimate of drug-likeness (QED) is 0.698. The van der Waals surface area contributed by atoms with E-state index in [0.717, 1.165) is 19.4 Å². The molecule has 3 aromatic rings. The van der Waals surface area contributed by atoms with Crippen molar-refractivity contribution in [3.8, 4) is 11.1 Å². The maximum Gasteiger partial charge on any atom is 0.312 e. The maximum absolute atomic E-state index is 11.0. The second kappa shape index (κ2) is 7.79. The molecule has 128 valence electrons. The van der Waals surface area contributed by atoms with E-state index in [-0.39, 0.29) is 0 Å². The molecule has 25 heavy (non-hydrogen) atoms. The fraction of sp³-hybridized carbons (Fsp3) is 0.238. The first-order valence-electron chi connectivity index (χ1n) is 8.52. The van der Waals surface area contributed by atoms with Crippen LogP contribution in [0.5, 0.6) is 0 Å². The average molecular weight is 334 g/mol. The Labute approximate surface area is 147 Å². The molecule has 1 N–H and O–H groups in total. The molecule has 0 aliphatic carbocycles. The highest BCUT2D eigenvalue weighted by molar-refractivity contribution is 5.74. The number of hydrogen-bond acceptors (Lipinski definition) is 2. The molecule has 0 amide bonds. The highest BCUT2D eigenvalue weighted by atomic mass is 16.4. The van der Waals surface area contributed by atoms with Gasteiger partial charge in [-0.2, -0.15) is 0 Å². The van der Waals surface area contributed by atoms with Crippen molar-refractivity contribution in [3.05, 3.63) is 78.4 Å². The second-order valence-electron chi connectivity index (χ2n) is 6.27. The van der Waals surface area contributed by atoms with Crippen LogP contribution in [0.15, 0.2) is 67.1 Å². The molecule has 1 unspecified atom stereocenters. The van der Waals surface area contributed by atoms with Gasteiger partial charge in [-0.3, -0.25) is 4.79 Å². The van der Waals surface area contributed by atoms with E-state index in [4.69, 9.17) is 5.11 Å². The van der Waals surface area contributed by atoms with Crippen LogP contribution in [0.2, 0.25) is 0 Å². The minimum Gasteiger partial charge on any atom is -0.481 e. The number of carboxylic acid groups (broad SMARTS) is 1. The molecule has 1 atom stereocenters. The van der Waals surface area contributed by atoms with Crippen molar-refractivity contribution in [3.63, 3.8) is 0 Å². The molecule has 1 heterocycles. The molecular weight excluding hydrogens is 312 g/mol. The van der Waals surface area contributed by atoms with Crippen LogP contribution in [-0.2, 0) is 17.8 Å². The van der Waals surface area contributed by atoms with Crippen LogP contribution in [0.1, 0.15) is 30.5 Å². The number of aromatic nitrogens is 2. The molecule has 0 spiro atoms. The lowest BCUT2D eigenvalue weighted by Crippen LogP contribution is -2.07. The Hall–Kier alpha value is -2.88. The van der Waals surface area contributed by atoms with Gasteiger partial charge in [-0.25, -0.2) is 4.98 Å². The van der Waals surface area contributed by atoms with Crippen molar-refractivity contribution < 1.29 is 9.90 Å². The second-order valence-corrected chi connectivity index (χ2v) is 6.27. The van der Waals surface area contributed by atoms with Gasteiger partial charge in [-0.1, -0.05) is 54.6 Å². The van der Waals surface area contributed by atoms with Gasteiger partial charge < -0.3 is 9.67 Å². The summed E-state index contributed by atoms with van der Waals surface area (Å²) >= 11 is 0. The van der Waals surface area contributed by atoms with Crippen molar-refractivity contribution in [2.24, 2.45) is 0 Å². The topological polar surface area (TPSA) is 55.1 Å². The SMILES string of the molecule is CC(C(=O)O)c1cn(CCCc2cccc(-c3ccccc3)c2)cn1. The van der Waals surface area contributed by atoms with Gasteiger partial charge in [0.15, 0.2) is 0 Å². The molecule has 0 bridgehead atoms. The number of carboxylic acids is 1. The molecule has 4 heteroatoms. The van der Waals surface area contributed by atoms with E-state index in [1.54, 1.807) is 13.3 Å². The van der Waals surface area contributed by atoms with Crippen LogP contribution in [0, 0.1) is 0 Å². The summed E-state index contributed by atoms with van der Waals surface area (Å²) in [6.07, 6.45) is 5.51. The van der Waals surface area contributed by atoms with Gasteiger partial charge in [0, 0.05) is 12.7 Å². The molecule has 0 aliphatic rings. The van der Waals surface area contributed by atoms with E-state index in [0.29, 0.717) is 5.69 Å². The Morgan fingerprint density at radius 2 is 1.88 bits per heavy atom. The van der Waals surface area contributed by atoms with E-state index < -0.39 is 11.9 Å². The van der Waals surface area contributed by atoms with Crippen LogP contribution >= 0.6 is 0 Å². The highest BCUT2D eigenvalue weighted by Crippen LogP contribution is 2.21. The third-order valence-corrected chi connectivity index (χ3v) is 4.38. The zero-order valence-electron chi connectivity index (χ0n) is 14.3. The van der Waals surface area contributed by atoms with Crippen molar-refractivity contribution in [2.75, 3.05) is 0 Å². The van der Waals surface area contributed by atoms with Crippen molar-refractivity contribution in [2.45, 2.75) is 32.2 Å². The molecule has 2 aromatic carbocycles. The van der Waals surface area contributed by atoms with E-state index in [1.165, 1.54) is 16.7 Å². The summed E-state index contributed by atoms with van der Waals surface area (Å²) in [4.78, 5) is 15.2. The van der Waals surface area contributed by atoms with Crippen LogP contribution < -0.4 is 0 Å². The minimum absolute atomic E-state index is 0.566. The van der Waals surface area contributed by atoms with E-state index >= 15 is 0 Å². The molecule has 0 saturated heterocycles. The standard InChI is InChI=1S/C21H22N2O2/c1-16(21(24)25)20-14-23(15-22-20)12-6-8-17-7-5-11-19(13-17)18-9-3-2-4-10-18/h2-5,7,9-11,13-16H,6,8,12H2,1H3,(H,24,25). The molecule has 3 rings (SSSR count). The van der Waals surface area contributed by atoms with Crippen molar-refractivity contribution >= 4 is 5.97 Å². The smallest absolute Gasteiger partial charge is 0.312 e. The first-order valence-corrected chi connectivity index (χ1v) is 8.52. The number of hydrogen-bond donors (Lipinski definition) is 1. The lowest BCUT2D eigenvalue weighted by molar-refractivity contribution is -0.138. The average Bonchev–Trinajstić information content (AvgIpc) is 3.11. The molecule has 0 fully saturated rings. The highest BCUT2D eigenvalue weighted by Gasteiger charge is 2.16. The molecule has 0 radical (unpaired) electrons. The molecule has 0 saturated carbocycles. The Morgan fingerprint density at radius 3 is 2.64 bits per heavy atom. The minimum atomic E-state index is -0.844. The summed E-state index contributed by atoms with van der Waals surface area (Å²) in [6.45, 7) is 2.49. The third kappa shape index (κ3) is 4.35. The maximum atomic E-state index is 11.0. The van der Waals surface area contributed by atoms with Crippen LogP contribution in [0.3, 0.4) is 0 Å². The summed E-state index contributed by atoms with van der Waals surface area (Å²) in [5.74, 6) is -1.41. The summed E-state index contributed by atoms with van der Waals surface area (Å²) in [5, 5.41) is 9.04. The molecular formula is C21H22N2O2.